The zero-order valence-corrected chi connectivity index (χ0v) is 19.3. The minimum atomic E-state index is 0.0591. The first-order valence-corrected chi connectivity index (χ1v) is 12.4. The van der Waals surface area contributed by atoms with Gasteiger partial charge in [-0.15, -0.1) is 0 Å². The predicted molar refractivity (Wildman–Crippen MR) is 124 cm³/mol. The maximum absolute atomic E-state index is 13.4. The Morgan fingerprint density at radius 3 is 2.25 bits per heavy atom. The first-order chi connectivity index (χ1) is 15.5. The van der Waals surface area contributed by atoms with Crippen molar-refractivity contribution in [2.75, 3.05) is 7.11 Å². The number of rotatable bonds is 6. The molecule has 4 heteroatoms. The van der Waals surface area contributed by atoms with E-state index in [1.807, 2.05) is 24.3 Å². The Morgan fingerprint density at radius 1 is 1.00 bits per heavy atom. The number of quaternary nitrogens is 1. The van der Waals surface area contributed by atoms with Gasteiger partial charge in [-0.2, -0.15) is 0 Å². The molecule has 2 aromatic carbocycles. The molecule has 0 radical (unpaired) electrons. The molecule has 7 rings (SSSR count). The number of nitrogens with zero attached hydrogens (tertiary/aromatic N) is 1. The Balaban J connectivity index is 1.28. The molecule has 5 aliphatic rings. The third-order valence-corrected chi connectivity index (χ3v) is 9.14. The van der Waals surface area contributed by atoms with Crippen LogP contribution in [-0.2, 0) is 6.54 Å². The highest BCUT2D eigenvalue weighted by Crippen LogP contribution is 2.60. The lowest BCUT2D eigenvalue weighted by atomic mass is 9.48. The lowest BCUT2D eigenvalue weighted by molar-refractivity contribution is -0.753. The van der Waals surface area contributed by atoms with E-state index in [2.05, 4.69) is 41.4 Å². The molecule has 168 valence electrons. The van der Waals surface area contributed by atoms with Gasteiger partial charge in [0.2, 0.25) is 0 Å². The molecule has 4 aliphatic carbocycles. The molecule has 4 saturated carbocycles. The van der Waals surface area contributed by atoms with E-state index in [0.29, 0.717) is 18.0 Å². The summed E-state index contributed by atoms with van der Waals surface area (Å²) in [4.78, 5) is 15.5. The molecule has 0 aromatic heterocycles. The van der Waals surface area contributed by atoms with Crippen molar-refractivity contribution in [2.24, 2.45) is 23.2 Å². The van der Waals surface area contributed by atoms with Crippen LogP contribution in [-0.4, -0.2) is 24.0 Å². The number of carbonyl (C=O) groups excluding carboxylic acids is 1. The van der Waals surface area contributed by atoms with E-state index in [1.165, 1.54) is 44.1 Å². The van der Waals surface area contributed by atoms with Gasteiger partial charge in [-0.25, -0.2) is 0 Å². The molecule has 0 spiro atoms. The van der Waals surface area contributed by atoms with E-state index in [-0.39, 0.29) is 12.1 Å². The molecule has 1 heterocycles. The van der Waals surface area contributed by atoms with E-state index in [0.717, 1.165) is 34.6 Å². The summed E-state index contributed by atoms with van der Waals surface area (Å²) >= 11 is 0. The molecule has 4 nitrogen and oxygen atoms in total. The summed E-state index contributed by atoms with van der Waals surface area (Å²) in [6.07, 6.45) is 8.68. The minimum absolute atomic E-state index is 0.0591. The SMILES string of the molecule is COc1ccc(CN2C(=O)c3ccccc3[C@@H]2[NH2+][C@@H](C)C23CC4CC(CC(C4)C2)C3)cc1. The number of nitrogens with two attached hydrogens (primary N) is 1. The van der Waals surface area contributed by atoms with E-state index in [4.69, 9.17) is 4.74 Å². The molecular weight excluding hydrogens is 396 g/mol. The summed E-state index contributed by atoms with van der Waals surface area (Å²) in [5, 5.41) is 2.54. The summed E-state index contributed by atoms with van der Waals surface area (Å²) in [6.45, 7) is 3.08. The second kappa shape index (κ2) is 7.62. The first kappa shape index (κ1) is 20.3. The van der Waals surface area contributed by atoms with Crippen molar-refractivity contribution < 1.29 is 14.8 Å². The van der Waals surface area contributed by atoms with Gasteiger partial charge >= 0.3 is 0 Å². The molecule has 2 atom stereocenters. The van der Waals surface area contributed by atoms with Crippen LogP contribution in [0.1, 0.15) is 73.1 Å². The number of hydrogen-bond donors (Lipinski definition) is 1. The van der Waals surface area contributed by atoms with Crippen molar-refractivity contribution in [3.8, 4) is 5.75 Å². The Labute approximate surface area is 191 Å². The lowest BCUT2D eigenvalue weighted by Gasteiger charge is -2.58. The van der Waals surface area contributed by atoms with E-state index in [1.54, 1.807) is 7.11 Å². The number of methoxy groups -OCH3 is 1. The highest BCUT2D eigenvalue weighted by atomic mass is 16.5. The van der Waals surface area contributed by atoms with Crippen molar-refractivity contribution in [2.45, 2.75) is 64.2 Å². The number of fused-ring (bicyclic) bond motifs is 1. The van der Waals surface area contributed by atoms with Gasteiger partial charge in [0, 0.05) is 11.0 Å². The highest BCUT2D eigenvalue weighted by molar-refractivity contribution is 5.98. The zero-order chi connectivity index (χ0) is 21.9. The molecule has 2 aromatic rings. The number of hydrogen-bond acceptors (Lipinski definition) is 2. The second-order valence-corrected chi connectivity index (χ2v) is 11.1. The molecule has 1 aliphatic heterocycles. The van der Waals surface area contributed by atoms with Crippen molar-refractivity contribution in [3.05, 3.63) is 65.2 Å². The van der Waals surface area contributed by atoms with Gasteiger partial charge in [-0.05, 0) is 87.0 Å². The fraction of sp³-hybridized carbons (Fsp3) is 0.536. The molecular formula is C28H35N2O2+. The summed E-state index contributed by atoms with van der Waals surface area (Å²) in [7, 11) is 1.69. The van der Waals surface area contributed by atoms with Gasteiger partial charge in [0.15, 0.2) is 6.17 Å². The average Bonchev–Trinajstić information content (AvgIpc) is 3.05. The molecule has 0 unspecified atom stereocenters. The Morgan fingerprint density at radius 2 is 1.62 bits per heavy atom. The maximum Gasteiger partial charge on any atom is 0.259 e. The summed E-state index contributed by atoms with van der Waals surface area (Å²) in [6, 6.07) is 16.9. The van der Waals surface area contributed by atoms with Gasteiger partial charge < -0.3 is 10.1 Å². The van der Waals surface area contributed by atoms with Crippen LogP contribution in [0.15, 0.2) is 48.5 Å². The van der Waals surface area contributed by atoms with Crippen LogP contribution in [0.25, 0.3) is 0 Å². The largest absolute Gasteiger partial charge is 0.497 e. The normalized spacial score (nSPS) is 33.4. The van der Waals surface area contributed by atoms with Crippen LogP contribution in [0, 0.1) is 23.2 Å². The summed E-state index contributed by atoms with van der Waals surface area (Å²) < 4.78 is 5.31. The van der Waals surface area contributed by atoms with Gasteiger partial charge in [0.1, 0.15) is 5.75 Å². The summed E-state index contributed by atoms with van der Waals surface area (Å²) in [5.41, 5.74) is 3.66. The molecule has 1 amide bonds. The van der Waals surface area contributed by atoms with Crippen molar-refractivity contribution in [1.82, 2.24) is 4.90 Å². The molecule has 0 saturated heterocycles. The Kier molecular flexibility index (Phi) is 4.83. The predicted octanol–water partition coefficient (Wildman–Crippen LogP) is 4.52. The van der Waals surface area contributed by atoms with Gasteiger partial charge in [0.25, 0.3) is 5.91 Å². The summed E-state index contributed by atoms with van der Waals surface area (Å²) in [5.74, 6) is 3.86. The van der Waals surface area contributed by atoms with Crippen LogP contribution in [0.5, 0.6) is 5.75 Å². The third kappa shape index (κ3) is 3.26. The number of amides is 1. The molecule has 2 N–H and O–H groups in total. The van der Waals surface area contributed by atoms with Crippen LogP contribution in [0.3, 0.4) is 0 Å². The van der Waals surface area contributed by atoms with Crippen LogP contribution in [0.4, 0.5) is 0 Å². The highest BCUT2D eigenvalue weighted by Gasteiger charge is 2.55. The topological polar surface area (TPSA) is 46.1 Å². The fourth-order valence-electron chi connectivity index (χ4n) is 7.92. The average molecular weight is 432 g/mol. The third-order valence-electron chi connectivity index (χ3n) is 9.14. The standard InChI is InChI=1S/C28H34N2O2/c1-18(28-14-20-11-21(15-28)13-22(12-20)16-28)29-26-24-5-3-4-6-25(24)27(31)30(26)17-19-7-9-23(32-2)10-8-19/h3-10,18,20-22,26,29H,11-17H2,1-2H3/p+1/t18-,20?,21?,22?,26+,28?/m0/s1. The second-order valence-electron chi connectivity index (χ2n) is 11.1. The quantitative estimate of drug-likeness (QED) is 0.731. The smallest absolute Gasteiger partial charge is 0.259 e. The van der Waals surface area contributed by atoms with Gasteiger partial charge in [-0.1, -0.05) is 30.3 Å². The zero-order valence-electron chi connectivity index (χ0n) is 19.3. The number of benzene rings is 2. The molecule has 4 bridgehead atoms. The van der Waals surface area contributed by atoms with Crippen LogP contribution < -0.4 is 10.1 Å². The van der Waals surface area contributed by atoms with Crippen LogP contribution in [0.2, 0.25) is 0 Å². The Bertz CT molecular complexity index is 979. The molecule has 4 fully saturated rings. The number of carbonyl (C=O) groups is 1. The van der Waals surface area contributed by atoms with E-state index < -0.39 is 0 Å². The Hall–Kier alpha value is -2.33. The van der Waals surface area contributed by atoms with Crippen molar-refractivity contribution >= 4 is 5.91 Å². The van der Waals surface area contributed by atoms with Crippen molar-refractivity contribution in [3.63, 3.8) is 0 Å². The monoisotopic (exact) mass is 431 g/mol. The van der Waals surface area contributed by atoms with E-state index in [9.17, 15) is 4.79 Å². The van der Waals surface area contributed by atoms with Crippen molar-refractivity contribution in [1.29, 1.82) is 0 Å². The minimum Gasteiger partial charge on any atom is -0.497 e. The first-order valence-electron chi connectivity index (χ1n) is 12.4. The van der Waals surface area contributed by atoms with Gasteiger partial charge in [-0.3, -0.25) is 9.69 Å². The van der Waals surface area contributed by atoms with Crippen LogP contribution >= 0.6 is 0 Å². The maximum atomic E-state index is 13.4. The van der Waals surface area contributed by atoms with Gasteiger partial charge in [0.05, 0.1) is 25.3 Å². The number of ether oxygens (including phenoxy) is 1. The molecule has 32 heavy (non-hydrogen) atoms. The fourth-order valence-corrected chi connectivity index (χ4v) is 7.92. The van der Waals surface area contributed by atoms with E-state index >= 15 is 0 Å². The lowest BCUT2D eigenvalue weighted by Crippen LogP contribution is -2.95.